The van der Waals surface area contributed by atoms with Crippen molar-refractivity contribution in [2.75, 3.05) is 9.80 Å². The molecule has 0 spiro atoms. The molecular formula is C60H48N2. The number of para-hydroxylation sites is 1. The van der Waals surface area contributed by atoms with Crippen molar-refractivity contribution in [1.82, 2.24) is 0 Å². The van der Waals surface area contributed by atoms with Crippen molar-refractivity contribution >= 4 is 65.8 Å². The van der Waals surface area contributed by atoms with E-state index in [4.69, 9.17) is 0 Å². The van der Waals surface area contributed by atoms with Crippen LogP contribution in [0.2, 0.25) is 0 Å². The molecule has 11 rings (SSSR count). The first-order valence-corrected chi connectivity index (χ1v) is 22.1. The van der Waals surface area contributed by atoms with Crippen molar-refractivity contribution in [3.63, 3.8) is 0 Å². The van der Waals surface area contributed by atoms with Crippen LogP contribution in [0.3, 0.4) is 0 Å². The van der Waals surface area contributed by atoms with E-state index in [2.05, 4.69) is 230 Å². The first-order chi connectivity index (χ1) is 30.6. The summed E-state index contributed by atoms with van der Waals surface area (Å²) >= 11 is 0. The summed E-state index contributed by atoms with van der Waals surface area (Å²) < 4.78 is 0. The molecule has 0 amide bonds. The molecule has 0 radical (unpaired) electrons. The van der Waals surface area contributed by atoms with E-state index in [1.807, 2.05) is 0 Å². The number of aryl methyl sites for hydroxylation is 2. The summed E-state index contributed by atoms with van der Waals surface area (Å²) in [6.45, 7) is 4.47. The smallest absolute Gasteiger partial charge is 0.0539 e. The monoisotopic (exact) mass is 796 g/mol. The van der Waals surface area contributed by atoms with Gasteiger partial charge in [0.15, 0.2) is 0 Å². The minimum absolute atomic E-state index is 1.01. The van der Waals surface area contributed by atoms with Crippen molar-refractivity contribution in [1.29, 1.82) is 0 Å². The van der Waals surface area contributed by atoms with Crippen LogP contribution in [0.1, 0.15) is 36.8 Å². The van der Waals surface area contributed by atoms with Gasteiger partial charge in [-0.2, -0.15) is 0 Å². The highest BCUT2D eigenvalue weighted by Gasteiger charge is 2.24. The van der Waals surface area contributed by atoms with Crippen LogP contribution >= 0.6 is 0 Å². The van der Waals surface area contributed by atoms with Crippen molar-refractivity contribution in [3.8, 4) is 22.3 Å². The number of hydrogen-bond donors (Lipinski definition) is 0. The maximum absolute atomic E-state index is 2.48. The lowest BCUT2D eigenvalue weighted by Gasteiger charge is -2.30. The minimum atomic E-state index is 1.01. The highest BCUT2D eigenvalue weighted by atomic mass is 15.2. The van der Waals surface area contributed by atoms with E-state index in [1.165, 1.54) is 93.6 Å². The number of benzene rings is 9. The Labute approximate surface area is 364 Å². The van der Waals surface area contributed by atoms with Gasteiger partial charge in [0, 0.05) is 33.8 Å². The topological polar surface area (TPSA) is 6.48 Å². The molecule has 0 saturated heterocycles. The molecule has 2 aliphatic rings. The molecule has 0 fully saturated rings. The molecule has 62 heavy (non-hydrogen) atoms. The lowest BCUT2D eigenvalue weighted by Crippen LogP contribution is -2.16. The summed E-state index contributed by atoms with van der Waals surface area (Å²) in [5.41, 5.74) is 14.5. The summed E-state index contributed by atoms with van der Waals surface area (Å²) in [4.78, 5) is 4.91. The second-order valence-corrected chi connectivity index (χ2v) is 16.8. The first kappa shape index (κ1) is 37.6. The third kappa shape index (κ3) is 6.69. The van der Waals surface area contributed by atoms with Crippen molar-refractivity contribution in [2.45, 2.75) is 39.5 Å². The van der Waals surface area contributed by atoms with Crippen LogP contribution in [0.15, 0.2) is 218 Å². The molecule has 298 valence electrons. The van der Waals surface area contributed by atoms with Gasteiger partial charge < -0.3 is 9.80 Å². The third-order valence-corrected chi connectivity index (χ3v) is 12.8. The SMILES string of the molecule is Cc1ccc(-c2c3ccc(N(C4=CCCC=C4)c4cccc5ccccc45)cc3c(-c3ccc4ccccc4c3)c3ccc(N(C4=CCCC=C4)c4ccccc4)cc23)c(C)c1. The average Bonchev–Trinajstić information content (AvgIpc) is 3.32. The maximum atomic E-state index is 2.48. The number of allylic oxidation sites excluding steroid dienone is 6. The van der Waals surface area contributed by atoms with Gasteiger partial charge in [-0.1, -0.05) is 151 Å². The van der Waals surface area contributed by atoms with Crippen LogP contribution in [-0.2, 0) is 0 Å². The highest BCUT2D eigenvalue weighted by Crippen LogP contribution is 2.49. The Morgan fingerprint density at radius 3 is 1.74 bits per heavy atom. The Balaban J connectivity index is 1.26. The van der Waals surface area contributed by atoms with Crippen molar-refractivity contribution < 1.29 is 0 Å². The van der Waals surface area contributed by atoms with Crippen LogP contribution in [0.4, 0.5) is 22.7 Å². The third-order valence-electron chi connectivity index (χ3n) is 12.8. The fourth-order valence-corrected chi connectivity index (χ4v) is 9.91. The van der Waals surface area contributed by atoms with Gasteiger partial charge in [-0.15, -0.1) is 0 Å². The van der Waals surface area contributed by atoms with Crippen LogP contribution in [0.25, 0.3) is 65.3 Å². The number of nitrogens with zero attached hydrogens (tertiary/aromatic N) is 2. The molecular weight excluding hydrogens is 749 g/mol. The van der Waals surface area contributed by atoms with Gasteiger partial charge in [0.2, 0.25) is 0 Å². The van der Waals surface area contributed by atoms with E-state index in [0.29, 0.717) is 0 Å². The van der Waals surface area contributed by atoms with Crippen LogP contribution in [-0.4, -0.2) is 0 Å². The summed E-state index contributed by atoms with van der Waals surface area (Å²) in [5, 5.41) is 9.89. The summed E-state index contributed by atoms with van der Waals surface area (Å²) in [7, 11) is 0. The first-order valence-electron chi connectivity index (χ1n) is 22.1. The molecule has 0 atom stereocenters. The van der Waals surface area contributed by atoms with Crippen LogP contribution < -0.4 is 9.80 Å². The molecule has 0 bridgehead atoms. The van der Waals surface area contributed by atoms with E-state index in [-0.39, 0.29) is 0 Å². The van der Waals surface area contributed by atoms with E-state index in [0.717, 1.165) is 42.7 Å². The fourth-order valence-electron chi connectivity index (χ4n) is 9.91. The molecule has 0 aromatic heterocycles. The molecule has 0 N–H and O–H groups in total. The Morgan fingerprint density at radius 1 is 0.387 bits per heavy atom. The zero-order chi connectivity index (χ0) is 41.6. The van der Waals surface area contributed by atoms with E-state index in [9.17, 15) is 0 Å². The molecule has 0 aliphatic heterocycles. The van der Waals surface area contributed by atoms with E-state index < -0.39 is 0 Å². The second kappa shape index (κ2) is 15.9. The van der Waals surface area contributed by atoms with E-state index >= 15 is 0 Å². The van der Waals surface area contributed by atoms with Gasteiger partial charge in [0.05, 0.1) is 5.69 Å². The Bertz CT molecular complexity index is 3320. The second-order valence-electron chi connectivity index (χ2n) is 16.8. The zero-order valence-corrected chi connectivity index (χ0v) is 35.4. The maximum Gasteiger partial charge on any atom is 0.0539 e. The quantitative estimate of drug-likeness (QED) is 0.141. The minimum Gasteiger partial charge on any atom is -0.311 e. The number of anilines is 4. The normalized spacial score (nSPS) is 13.8. The lowest BCUT2D eigenvalue weighted by molar-refractivity contribution is 0.997. The Hall–Kier alpha value is -7.42. The average molecular weight is 797 g/mol. The van der Waals surface area contributed by atoms with E-state index in [1.54, 1.807) is 0 Å². The van der Waals surface area contributed by atoms with Crippen LogP contribution in [0.5, 0.6) is 0 Å². The van der Waals surface area contributed by atoms with Gasteiger partial charge in [-0.05, 0) is 166 Å². The molecule has 2 nitrogen and oxygen atoms in total. The molecule has 2 aliphatic carbocycles. The van der Waals surface area contributed by atoms with Crippen LogP contribution in [0, 0.1) is 13.8 Å². The molecule has 2 heteroatoms. The molecule has 0 heterocycles. The predicted molar refractivity (Wildman–Crippen MR) is 267 cm³/mol. The zero-order valence-electron chi connectivity index (χ0n) is 35.4. The van der Waals surface area contributed by atoms with Gasteiger partial charge >= 0.3 is 0 Å². The van der Waals surface area contributed by atoms with Gasteiger partial charge in [0.1, 0.15) is 0 Å². The van der Waals surface area contributed by atoms with Crippen molar-refractivity contribution in [3.05, 3.63) is 229 Å². The predicted octanol–water partition coefficient (Wildman–Crippen LogP) is 17.0. The standard InChI is InChI=1S/C60H48N2/c1-41-29-34-52(42(2)37-41)60-55-36-33-51(62(49-25-10-5-11-26-49)58-28-16-20-44-18-14-15-27-53(44)58)40-56(55)59(46-31-30-43-17-12-13-19-45(43)38-46)54-35-32-50(39-57(54)60)61(47-21-6-3-7-22-47)48-23-8-4-9-24-48/h3,6-8,10,12-40H,4-5,9,11H2,1-2H3. The largest absolute Gasteiger partial charge is 0.311 e. The molecule has 0 saturated carbocycles. The summed E-state index contributed by atoms with van der Waals surface area (Å²) in [5.74, 6) is 0. The Kier molecular flexibility index (Phi) is 9.62. The highest BCUT2D eigenvalue weighted by molar-refractivity contribution is 6.23. The summed E-state index contributed by atoms with van der Waals surface area (Å²) in [6, 6.07) is 63.4. The van der Waals surface area contributed by atoms with Gasteiger partial charge in [0.25, 0.3) is 0 Å². The lowest BCUT2D eigenvalue weighted by atomic mass is 9.83. The van der Waals surface area contributed by atoms with Gasteiger partial charge in [-0.3, -0.25) is 0 Å². The number of rotatable bonds is 8. The molecule has 9 aromatic carbocycles. The van der Waals surface area contributed by atoms with Gasteiger partial charge in [-0.25, -0.2) is 0 Å². The molecule has 0 unspecified atom stereocenters. The Morgan fingerprint density at radius 2 is 1.02 bits per heavy atom. The van der Waals surface area contributed by atoms with Crippen molar-refractivity contribution in [2.24, 2.45) is 0 Å². The molecule has 9 aromatic rings. The number of hydrogen-bond acceptors (Lipinski definition) is 2. The number of fused-ring (bicyclic) bond motifs is 4. The summed E-state index contributed by atoms with van der Waals surface area (Å²) in [6.07, 6.45) is 18.1. The fraction of sp³-hybridized carbons (Fsp3) is 0.100.